The van der Waals surface area contributed by atoms with Gasteiger partial charge in [-0.25, -0.2) is 0 Å². The van der Waals surface area contributed by atoms with E-state index in [1.165, 1.54) is 0 Å². The summed E-state index contributed by atoms with van der Waals surface area (Å²) in [6.45, 7) is 7.61. The molecule has 5 nitrogen and oxygen atoms in total. The van der Waals surface area contributed by atoms with Gasteiger partial charge in [0.05, 0.1) is 6.04 Å². The van der Waals surface area contributed by atoms with Crippen molar-refractivity contribution in [3.8, 4) is 0 Å². The molecule has 4 rings (SSSR count). The number of hydrogen-bond acceptors (Lipinski definition) is 4. The van der Waals surface area contributed by atoms with E-state index < -0.39 is 0 Å². The number of halogens is 2. The standard InChI is InChI=1S/C24H30Cl2N4O/c1-16-15-29(11-12-30(16)24(31)23-7-4-10-27-23)20-6-3-5-19(14-20)28-17(2)21-9-8-18(25)13-22(21)26/h3,5-6,8-9,13-14,16-17,23,27-28H,4,7,10-12,15H2,1-2H3/t16-,17?,23?/m1/s1. The number of nitrogens with one attached hydrogen (secondary N) is 2. The molecule has 3 atom stereocenters. The quantitative estimate of drug-likeness (QED) is 0.661. The maximum atomic E-state index is 12.8. The lowest BCUT2D eigenvalue weighted by Gasteiger charge is -2.42. The van der Waals surface area contributed by atoms with Crippen molar-refractivity contribution in [3.05, 3.63) is 58.1 Å². The molecule has 166 valence electrons. The minimum absolute atomic E-state index is 0.00251. The van der Waals surface area contributed by atoms with Crippen LogP contribution in [0.25, 0.3) is 0 Å². The molecule has 0 bridgehead atoms. The molecule has 0 spiro atoms. The molecule has 2 aliphatic heterocycles. The molecule has 2 aromatic carbocycles. The Labute approximate surface area is 194 Å². The Hall–Kier alpha value is -1.95. The van der Waals surface area contributed by atoms with Crippen LogP contribution >= 0.6 is 23.2 Å². The molecule has 2 unspecified atom stereocenters. The van der Waals surface area contributed by atoms with Gasteiger partial charge in [0, 0.05) is 53.1 Å². The van der Waals surface area contributed by atoms with E-state index in [-0.39, 0.29) is 24.0 Å². The van der Waals surface area contributed by atoms with Crippen LogP contribution in [0.5, 0.6) is 0 Å². The van der Waals surface area contributed by atoms with Crippen LogP contribution in [0.15, 0.2) is 42.5 Å². The minimum atomic E-state index is 0.00251. The molecule has 0 radical (unpaired) electrons. The second kappa shape index (κ2) is 9.68. The highest BCUT2D eigenvalue weighted by Crippen LogP contribution is 2.30. The van der Waals surface area contributed by atoms with Crippen molar-refractivity contribution in [2.45, 2.75) is 44.8 Å². The zero-order chi connectivity index (χ0) is 22.0. The number of rotatable bonds is 5. The van der Waals surface area contributed by atoms with Gasteiger partial charge in [0.15, 0.2) is 0 Å². The summed E-state index contributed by atoms with van der Waals surface area (Å²) in [4.78, 5) is 17.2. The Balaban J connectivity index is 1.41. The summed E-state index contributed by atoms with van der Waals surface area (Å²) in [6, 6.07) is 14.3. The molecule has 2 aliphatic rings. The number of carbonyl (C=O) groups is 1. The molecule has 2 N–H and O–H groups in total. The average molecular weight is 461 g/mol. The molecule has 2 heterocycles. The number of carbonyl (C=O) groups excluding carboxylic acids is 1. The van der Waals surface area contributed by atoms with Gasteiger partial charge in [-0.15, -0.1) is 0 Å². The van der Waals surface area contributed by atoms with Gasteiger partial charge < -0.3 is 20.4 Å². The van der Waals surface area contributed by atoms with E-state index in [9.17, 15) is 4.79 Å². The molecule has 2 aromatic rings. The fraction of sp³-hybridized carbons (Fsp3) is 0.458. The van der Waals surface area contributed by atoms with Crippen LogP contribution in [0.2, 0.25) is 10.0 Å². The van der Waals surface area contributed by atoms with Gasteiger partial charge in [-0.3, -0.25) is 4.79 Å². The lowest BCUT2D eigenvalue weighted by Crippen LogP contribution is -2.57. The Bertz CT molecular complexity index is 932. The first-order chi connectivity index (χ1) is 14.9. The van der Waals surface area contributed by atoms with Crippen LogP contribution in [-0.4, -0.2) is 49.1 Å². The van der Waals surface area contributed by atoms with Crippen molar-refractivity contribution in [2.24, 2.45) is 0 Å². The fourth-order valence-corrected chi connectivity index (χ4v) is 5.16. The first kappa shape index (κ1) is 22.3. The van der Waals surface area contributed by atoms with E-state index in [0.29, 0.717) is 10.0 Å². The van der Waals surface area contributed by atoms with Crippen LogP contribution in [-0.2, 0) is 4.79 Å². The fourth-order valence-electron chi connectivity index (χ4n) is 4.59. The van der Waals surface area contributed by atoms with Crippen molar-refractivity contribution >= 4 is 40.5 Å². The summed E-state index contributed by atoms with van der Waals surface area (Å²) in [7, 11) is 0. The summed E-state index contributed by atoms with van der Waals surface area (Å²) >= 11 is 12.4. The third-order valence-corrected chi connectivity index (χ3v) is 6.85. The number of piperazine rings is 1. The zero-order valence-corrected chi connectivity index (χ0v) is 19.6. The Morgan fingerprint density at radius 2 is 2.03 bits per heavy atom. The van der Waals surface area contributed by atoms with Crippen molar-refractivity contribution in [2.75, 3.05) is 36.4 Å². The number of anilines is 2. The zero-order valence-electron chi connectivity index (χ0n) is 18.1. The van der Waals surface area contributed by atoms with Crippen LogP contribution in [0.4, 0.5) is 11.4 Å². The number of amides is 1. The van der Waals surface area contributed by atoms with E-state index in [2.05, 4.69) is 53.6 Å². The van der Waals surface area contributed by atoms with Gasteiger partial charge in [0.1, 0.15) is 0 Å². The average Bonchev–Trinajstić information content (AvgIpc) is 3.28. The van der Waals surface area contributed by atoms with Crippen molar-refractivity contribution in [1.29, 1.82) is 0 Å². The van der Waals surface area contributed by atoms with Crippen molar-refractivity contribution in [3.63, 3.8) is 0 Å². The Morgan fingerprint density at radius 1 is 1.19 bits per heavy atom. The largest absolute Gasteiger partial charge is 0.378 e. The lowest BCUT2D eigenvalue weighted by molar-refractivity contribution is -0.135. The molecule has 0 aliphatic carbocycles. The van der Waals surface area contributed by atoms with Gasteiger partial charge in [0.2, 0.25) is 5.91 Å². The summed E-state index contributed by atoms with van der Waals surface area (Å²) in [5.41, 5.74) is 3.22. The highest BCUT2D eigenvalue weighted by molar-refractivity contribution is 6.35. The molecule has 31 heavy (non-hydrogen) atoms. The molecule has 0 saturated carbocycles. The lowest BCUT2D eigenvalue weighted by atomic mass is 10.1. The summed E-state index contributed by atoms with van der Waals surface area (Å²) in [5, 5.41) is 8.18. The summed E-state index contributed by atoms with van der Waals surface area (Å²) < 4.78 is 0. The van der Waals surface area contributed by atoms with Crippen molar-refractivity contribution in [1.82, 2.24) is 10.2 Å². The second-order valence-electron chi connectivity index (χ2n) is 8.56. The highest BCUT2D eigenvalue weighted by atomic mass is 35.5. The SMILES string of the molecule is CC(Nc1cccc(N2CCN(C(=O)C3CCCN3)[C@H](C)C2)c1)c1ccc(Cl)cc1Cl. The van der Waals surface area contributed by atoms with Gasteiger partial charge in [-0.1, -0.05) is 35.3 Å². The Morgan fingerprint density at radius 3 is 2.74 bits per heavy atom. The van der Waals surface area contributed by atoms with Crippen molar-refractivity contribution < 1.29 is 4.79 Å². The molecule has 2 saturated heterocycles. The third-order valence-electron chi connectivity index (χ3n) is 6.29. The summed E-state index contributed by atoms with van der Waals surface area (Å²) in [6.07, 6.45) is 2.04. The first-order valence-corrected chi connectivity index (χ1v) is 11.8. The molecule has 7 heteroatoms. The monoisotopic (exact) mass is 460 g/mol. The van der Waals surface area contributed by atoms with Gasteiger partial charge in [0.25, 0.3) is 0 Å². The van der Waals surface area contributed by atoms with E-state index in [1.807, 2.05) is 17.0 Å². The summed E-state index contributed by atoms with van der Waals surface area (Å²) in [5.74, 6) is 0.258. The number of hydrogen-bond donors (Lipinski definition) is 2. The van der Waals surface area contributed by atoms with E-state index in [4.69, 9.17) is 23.2 Å². The second-order valence-corrected chi connectivity index (χ2v) is 9.40. The molecule has 2 fully saturated rings. The van der Waals surface area contributed by atoms with Crippen LogP contribution in [0.3, 0.4) is 0 Å². The maximum Gasteiger partial charge on any atom is 0.240 e. The van der Waals surface area contributed by atoms with Crippen LogP contribution < -0.4 is 15.5 Å². The maximum absolute atomic E-state index is 12.8. The Kier molecular flexibility index (Phi) is 6.95. The van der Waals surface area contributed by atoms with Crippen LogP contribution in [0.1, 0.15) is 38.3 Å². The smallest absolute Gasteiger partial charge is 0.240 e. The molecular weight excluding hydrogens is 431 g/mol. The normalized spacial score (nSPS) is 22.5. The molecule has 1 amide bonds. The predicted octanol–water partition coefficient (Wildman–Crippen LogP) is 4.96. The number of benzene rings is 2. The van der Waals surface area contributed by atoms with Gasteiger partial charge in [-0.2, -0.15) is 0 Å². The highest BCUT2D eigenvalue weighted by Gasteiger charge is 2.33. The van der Waals surface area contributed by atoms with Crippen LogP contribution in [0, 0.1) is 0 Å². The van der Waals surface area contributed by atoms with Gasteiger partial charge in [-0.05, 0) is 69.1 Å². The van der Waals surface area contributed by atoms with E-state index >= 15 is 0 Å². The minimum Gasteiger partial charge on any atom is -0.378 e. The molecule has 0 aromatic heterocycles. The topological polar surface area (TPSA) is 47.6 Å². The van der Waals surface area contributed by atoms with E-state index in [1.54, 1.807) is 6.07 Å². The molecular formula is C24H30Cl2N4O. The predicted molar refractivity (Wildman–Crippen MR) is 129 cm³/mol. The third kappa shape index (κ3) is 5.11. The van der Waals surface area contributed by atoms with Gasteiger partial charge >= 0.3 is 0 Å². The first-order valence-electron chi connectivity index (χ1n) is 11.0. The van der Waals surface area contributed by atoms with E-state index in [0.717, 1.165) is 56.0 Å². The number of nitrogens with zero attached hydrogens (tertiary/aromatic N) is 2.